The Hall–Kier alpha value is -2.39. The fraction of sp³-hybridized carbons (Fsp3) is 0.333. The number of likely N-dealkylation sites (tertiary alicyclic amines) is 1. The molecule has 2 aromatic heterocycles. The number of piperidine rings is 1. The minimum Gasteiger partial charge on any atom is -0.334 e. The minimum absolute atomic E-state index is 0.186. The zero-order chi connectivity index (χ0) is 21.2. The predicted octanol–water partition coefficient (Wildman–Crippen LogP) is 4.15. The first-order valence-electron chi connectivity index (χ1n) is 8.60. The highest BCUT2D eigenvalue weighted by atomic mass is 35.5. The van der Waals surface area contributed by atoms with Gasteiger partial charge >= 0.3 is 18.0 Å². The molecule has 0 aromatic carbocycles. The number of carbonyl (C=O) groups excluding carboxylic acids is 2. The van der Waals surface area contributed by atoms with Crippen molar-refractivity contribution in [2.45, 2.75) is 24.9 Å². The summed E-state index contributed by atoms with van der Waals surface area (Å²) in [5.74, 6) is -1.67. The molecule has 1 N–H and O–H groups in total. The first-order valence-corrected chi connectivity index (χ1v) is 9.36. The Morgan fingerprint density at radius 3 is 2.38 bits per heavy atom. The average Bonchev–Trinajstić information content (AvgIpc) is 2.68. The maximum atomic E-state index is 13.0. The van der Waals surface area contributed by atoms with Gasteiger partial charge in [-0.1, -0.05) is 23.2 Å². The number of carbonyl (C=O) groups is 2. The summed E-state index contributed by atoms with van der Waals surface area (Å²) in [6, 6.07) is 4.44. The lowest BCUT2D eigenvalue weighted by Crippen LogP contribution is -2.44. The van der Waals surface area contributed by atoms with E-state index < -0.39 is 28.7 Å². The van der Waals surface area contributed by atoms with Crippen LogP contribution in [0.4, 0.5) is 19.0 Å². The number of hydrogen-bond donors (Lipinski definition) is 1. The topological polar surface area (TPSA) is 75.2 Å². The summed E-state index contributed by atoms with van der Waals surface area (Å²) >= 11 is 11.7. The van der Waals surface area contributed by atoms with Crippen LogP contribution in [0.25, 0.3) is 0 Å². The summed E-state index contributed by atoms with van der Waals surface area (Å²) in [4.78, 5) is 33.0. The van der Waals surface area contributed by atoms with Gasteiger partial charge in [0.1, 0.15) is 5.82 Å². The minimum atomic E-state index is -4.64. The van der Waals surface area contributed by atoms with E-state index in [4.69, 9.17) is 23.2 Å². The van der Waals surface area contributed by atoms with Gasteiger partial charge in [0.25, 0.3) is 0 Å². The van der Waals surface area contributed by atoms with Gasteiger partial charge in [0.15, 0.2) is 5.69 Å². The van der Waals surface area contributed by atoms with E-state index in [-0.39, 0.29) is 24.8 Å². The van der Waals surface area contributed by atoms with Gasteiger partial charge in [0, 0.05) is 25.5 Å². The van der Waals surface area contributed by atoms with Crippen LogP contribution in [0, 0.1) is 0 Å². The Morgan fingerprint density at radius 1 is 1.10 bits per heavy atom. The zero-order valence-corrected chi connectivity index (χ0v) is 16.4. The molecule has 0 saturated carbocycles. The van der Waals surface area contributed by atoms with Crippen molar-refractivity contribution in [3.05, 3.63) is 51.9 Å². The third-order valence-corrected chi connectivity index (χ3v) is 5.19. The van der Waals surface area contributed by atoms with E-state index >= 15 is 0 Å². The number of nitrogens with zero attached hydrogens (tertiary/aromatic N) is 3. The number of amides is 2. The van der Waals surface area contributed by atoms with Crippen molar-refractivity contribution in [1.29, 1.82) is 0 Å². The summed E-state index contributed by atoms with van der Waals surface area (Å²) in [7, 11) is 0. The molecule has 6 nitrogen and oxygen atoms in total. The fourth-order valence-electron chi connectivity index (χ4n) is 3.13. The van der Waals surface area contributed by atoms with Crippen molar-refractivity contribution < 1.29 is 22.8 Å². The van der Waals surface area contributed by atoms with Crippen LogP contribution in [0.1, 0.15) is 30.0 Å². The highest BCUT2D eigenvalue weighted by Crippen LogP contribution is 2.39. The Labute approximate surface area is 174 Å². The highest BCUT2D eigenvalue weighted by Gasteiger charge is 2.37. The molecule has 0 spiro atoms. The summed E-state index contributed by atoms with van der Waals surface area (Å²) in [5.41, 5.74) is -0.777. The normalized spacial score (nSPS) is 15.3. The molecule has 0 radical (unpaired) electrons. The van der Waals surface area contributed by atoms with Crippen LogP contribution in [0.3, 0.4) is 0 Å². The van der Waals surface area contributed by atoms with Gasteiger partial charge in [0.2, 0.25) is 0 Å². The van der Waals surface area contributed by atoms with Crippen molar-refractivity contribution in [3.63, 3.8) is 0 Å². The van der Waals surface area contributed by atoms with Crippen LogP contribution in [0.15, 0.2) is 30.6 Å². The molecule has 1 aliphatic rings. The quantitative estimate of drug-likeness (QED) is 0.703. The average molecular weight is 447 g/mol. The molecule has 3 heterocycles. The van der Waals surface area contributed by atoms with Crippen molar-refractivity contribution in [2.24, 2.45) is 0 Å². The standard InChI is InChI=1S/C18H15Cl2F3N4O2/c19-11-1-2-13(25-9-11)26-16(28)17(29)27-7-4-10(5-8-27)12-3-6-24-15(14(12)20)18(21,22)23/h1-3,6,9-10H,4-5,7-8H2,(H,25,26,28). The van der Waals surface area contributed by atoms with Crippen molar-refractivity contribution >= 4 is 40.8 Å². The molecule has 0 aliphatic carbocycles. The molecule has 0 atom stereocenters. The van der Waals surface area contributed by atoms with Gasteiger partial charge in [0.05, 0.1) is 10.0 Å². The molecular formula is C18H15Cl2F3N4O2. The number of hydrogen-bond acceptors (Lipinski definition) is 4. The summed E-state index contributed by atoms with van der Waals surface area (Å²) in [6.45, 7) is 0.427. The Kier molecular flexibility index (Phi) is 6.28. The molecular weight excluding hydrogens is 432 g/mol. The van der Waals surface area contributed by atoms with Crippen LogP contribution >= 0.6 is 23.2 Å². The molecule has 11 heteroatoms. The Balaban J connectivity index is 1.62. The second kappa shape index (κ2) is 8.54. The van der Waals surface area contributed by atoms with Gasteiger partial charge in [-0.3, -0.25) is 14.6 Å². The monoisotopic (exact) mass is 446 g/mol. The molecule has 1 fully saturated rings. The highest BCUT2D eigenvalue weighted by molar-refractivity contribution is 6.39. The third-order valence-electron chi connectivity index (χ3n) is 4.57. The van der Waals surface area contributed by atoms with E-state index in [0.717, 1.165) is 6.20 Å². The number of rotatable bonds is 2. The summed E-state index contributed by atoms with van der Waals surface area (Å²) in [6.07, 6.45) is -1.48. The first-order chi connectivity index (χ1) is 13.7. The lowest BCUT2D eigenvalue weighted by Gasteiger charge is -2.32. The van der Waals surface area contributed by atoms with Gasteiger partial charge in [-0.25, -0.2) is 4.98 Å². The lowest BCUT2D eigenvalue weighted by molar-refractivity contribution is -0.143. The molecule has 0 unspecified atom stereocenters. The number of pyridine rings is 2. The van der Waals surface area contributed by atoms with Gasteiger partial charge in [-0.05, 0) is 42.5 Å². The van der Waals surface area contributed by atoms with E-state index in [2.05, 4.69) is 15.3 Å². The summed E-state index contributed by atoms with van der Waals surface area (Å²) < 4.78 is 39.0. The molecule has 1 saturated heterocycles. The molecule has 1 aliphatic heterocycles. The van der Waals surface area contributed by atoms with E-state index in [1.165, 1.54) is 29.3 Å². The van der Waals surface area contributed by atoms with E-state index in [1.807, 2.05) is 0 Å². The van der Waals surface area contributed by atoms with Crippen molar-refractivity contribution in [1.82, 2.24) is 14.9 Å². The number of halogens is 5. The molecule has 29 heavy (non-hydrogen) atoms. The number of alkyl halides is 3. The van der Waals surface area contributed by atoms with Crippen molar-refractivity contribution in [2.75, 3.05) is 18.4 Å². The van der Waals surface area contributed by atoms with Crippen LogP contribution in [-0.4, -0.2) is 39.8 Å². The largest absolute Gasteiger partial charge is 0.434 e. The fourth-order valence-corrected chi connectivity index (χ4v) is 3.61. The molecule has 0 bridgehead atoms. The maximum Gasteiger partial charge on any atom is 0.434 e. The molecule has 3 rings (SSSR count). The zero-order valence-electron chi connectivity index (χ0n) is 14.8. The van der Waals surface area contributed by atoms with Crippen LogP contribution in [0.5, 0.6) is 0 Å². The summed E-state index contributed by atoms with van der Waals surface area (Å²) in [5, 5.41) is 2.36. The van der Waals surface area contributed by atoms with Gasteiger partial charge < -0.3 is 10.2 Å². The number of aromatic nitrogens is 2. The smallest absolute Gasteiger partial charge is 0.334 e. The van der Waals surface area contributed by atoms with E-state index in [9.17, 15) is 22.8 Å². The lowest BCUT2D eigenvalue weighted by atomic mass is 9.89. The van der Waals surface area contributed by atoms with Crippen LogP contribution in [-0.2, 0) is 15.8 Å². The molecule has 2 amide bonds. The maximum absolute atomic E-state index is 13.0. The third kappa shape index (κ3) is 4.97. The van der Waals surface area contributed by atoms with Gasteiger partial charge in [-0.2, -0.15) is 13.2 Å². The van der Waals surface area contributed by atoms with Crippen LogP contribution < -0.4 is 5.32 Å². The Bertz CT molecular complexity index is 914. The van der Waals surface area contributed by atoms with E-state index in [1.54, 1.807) is 0 Å². The molecule has 2 aromatic rings. The number of nitrogens with one attached hydrogen (secondary N) is 1. The van der Waals surface area contributed by atoms with Gasteiger partial charge in [-0.15, -0.1) is 0 Å². The van der Waals surface area contributed by atoms with Crippen molar-refractivity contribution in [3.8, 4) is 0 Å². The SMILES string of the molecule is O=C(Nc1ccc(Cl)cn1)C(=O)N1CCC(c2ccnc(C(F)(F)F)c2Cl)CC1. The molecule has 154 valence electrons. The predicted molar refractivity (Wildman–Crippen MR) is 101 cm³/mol. The van der Waals surface area contributed by atoms with E-state index in [0.29, 0.717) is 23.4 Å². The number of anilines is 1. The van der Waals surface area contributed by atoms with Crippen LogP contribution in [0.2, 0.25) is 10.0 Å². The first kappa shape index (κ1) is 21.3. The Morgan fingerprint density at radius 2 is 1.79 bits per heavy atom. The second-order valence-corrected chi connectivity index (χ2v) is 7.26. The second-order valence-electron chi connectivity index (χ2n) is 6.44.